The topological polar surface area (TPSA) is 67.2 Å². The summed E-state index contributed by atoms with van der Waals surface area (Å²) in [5.41, 5.74) is 2.11. The van der Waals surface area contributed by atoms with Crippen molar-refractivity contribution in [3.63, 3.8) is 0 Å². The van der Waals surface area contributed by atoms with E-state index in [1.807, 2.05) is 13.1 Å². The summed E-state index contributed by atoms with van der Waals surface area (Å²) in [6, 6.07) is 11.8. The molecule has 1 heterocycles. The van der Waals surface area contributed by atoms with E-state index >= 15 is 0 Å². The largest absolute Gasteiger partial charge is 0.508 e. The van der Waals surface area contributed by atoms with Crippen molar-refractivity contribution in [2.45, 2.75) is 0 Å². The van der Waals surface area contributed by atoms with Gasteiger partial charge in [0.2, 0.25) is 0 Å². The molecule has 5 nitrogen and oxygen atoms in total. The molecule has 0 aliphatic rings. The summed E-state index contributed by atoms with van der Waals surface area (Å²) < 4.78 is 1.73. The Morgan fingerprint density at radius 3 is 2.70 bits per heavy atom. The van der Waals surface area contributed by atoms with Crippen LogP contribution in [-0.4, -0.2) is 20.8 Å². The lowest BCUT2D eigenvalue weighted by molar-refractivity contribution is 0.102. The van der Waals surface area contributed by atoms with E-state index in [0.29, 0.717) is 11.3 Å². The van der Waals surface area contributed by atoms with Gasteiger partial charge in [-0.25, -0.2) is 0 Å². The molecule has 0 radical (unpaired) electrons. The smallest absolute Gasteiger partial charge is 0.255 e. The molecule has 3 rings (SSSR count). The number of benzene rings is 2. The number of nitrogens with one attached hydrogen (secondary N) is 1. The third kappa shape index (κ3) is 2.21. The number of amides is 1. The molecule has 0 unspecified atom stereocenters. The number of phenolic OH excluding ortho intramolecular Hbond substituents is 1. The minimum atomic E-state index is -0.196. The van der Waals surface area contributed by atoms with Crippen molar-refractivity contribution >= 4 is 22.5 Å². The second-order valence-electron chi connectivity index (χ2n) is 4.54. The van der Waals surface area contributed by atoms with E-state index in [2.05, 4.69) is 10.4 Å². The van der Waals surface area contributed by atoms with E-state index in [0.717, 1.165) is 10.9 Å². The maximum atomic E-state index is 12.2. The fourth-order valence-corrected chi connectivity index (χ4v) is 2.03. The fourth-order valence-electron chi connectivity index (χ4n) is 2.03. The van der Waals surface area contributed by atoms with Gasteiger partial charge in [0.1, 0.15) is 5.75 Å². The van der Waals surface area contributed by atoms with Gasteiger partial charge in [0.25, 0.3) is 5.91 Å². The summed E-state index contributed by atoms with van der Waals surface area (Å²) in [5, 5.41) is 17.1. The van der Waals surface area contributed by atoms with Gasteiger partial charge in [-0.3, -0.25) is 9.48 Å². The van der Waals surface area contributed by atoms with Crippen LogP contribution < -0.4 is 5.32 Å². The molecule has 5 heteroatoms. The minimum absolute atomic E-state index is 0.166. The van der Waals surface area contributed by atoms with Crippen LogP contribution in [0.3, 0.4) is 0 Å². The molecule has 1 aromatic heterocycles. The summed E-state index contributed by atoms with van der Waals surface area (Å²) >= 11 is 0. The van der Waals surface area contributed by atoms with Gasteiger partial charge in [0, 0.05) is 23.7 Å². The zero-order chi connectivity index (χ0) is 14.1. The normalized spacial score (nSPS) is 10.7. The maximum absolute atomic E-state index is 12.2. The first-order valence-corrected chi connectivity index (χ1v) is 6.15. The molecule has 0 atom stereocenters. The molecule has 100 valence electrons. The molecule has 0 aliphatic carbocycles. The molecule has 1 amide bonds. The van der Waals surface area contributed by atoms with E-state index in [1.165, 1.54) is 12.1 Å². The highest BCUT2D eigenvalue weighted by Crippen LogP contribution is 2.18. The Labute approximate surface area is 115 Å². The molecule has 20 heavy (non-hydrogen) atoms. The van der Waals surface area contributed by atoms with Crippen molar-refractivity contribution in [2.24, 2.45) is 7.05 Å². The lowest BCUT2D eigenvalue weighted by Gasteiger charge is -2.06. The number of hydrogen-bond acceptors (Lipinski definition) is 3. The van der Waals surface area contributed by atoms with Gasteiger partial charge in [-0.05, 0) is 36.4 Å². The Kier molecular flexibility index (Phi) is 2.87. The van der Waals surface area contributed by atoms with E-state index in [9.17, 15) is 9.90 Å². The number of aryl methyl sites for hydroxylation is 1. The van der Waals surface area contributed by atoms with Crippen LogP contribution in [-0.2, 0) is 7.05 Å². The first kappa shape index (κ1) is 12.2. The standard InChI is InChI=1S/C15H13N3O2/c1-18-14-8-10(2-3-11(14)9-16-18)15(20)17-12-4-6-13(19)7-5-12/h2-9,19H,1H3,(H,17,20). The Morgan fingerprint density at radius 1 is 1.20 bits per heavy atom. The summed E-state index contributed by atoms with van der Waals surface area (Å²) in [6.07, 6.45) is 1.76. The number of fused-ring (bicyclic) bond motifs is 1. The minimum Gasteiger partial charge on any atom is -0.508 e. The van der Waals surface area contributed by atoms with E-state index in [-0.39, 0.29) is 11.7 Å². The van der Waals surface area contributed by atoms with E-state index < -0.39 is 0 Å². The molecule has 0 saturated heterocycles. The number of nitrogens with zero attached hydrogens (tertiary/aromatic N) is 2. The van der Waals surface area contributed by atoms with Crippen LogP contribution in [0.5, 0.6) is 5.75 Å². The van der Waals surface area contributed by atoms with Gasteiger partial charge in [-0.15, -0.1) is 0 Å². The fraction of sp³-hybridized carbons (Fsp3) is 0.0667. The van der Waals surface area contributed by atoms with Crippen molar-refractivity contribution < 1.29 is 9.90 Å². The summed E-state index contributed by atoms with van der Waals surface area (Å²) in [5.74, 6) is -0.0295. The first-order chi connectivity index (χ1) is 9.63. The second-order valence-corrected chi connectivity index (χ2v) is 4.54. The first-order valence-electron chi connectivity index (χ1n) is 6.15. The maximum Gasteiger partial charge on any atom is 0.255 e. The van der Waals surface area contributed by atoms with Gasteiger partial charge in [0.05, 0.1) is 11.7 Å². The van der Waals surface area contributed by atoms with Gasteiger partial charge in [-0.1, -0.05) is 6.07 Å². The van der Waals surface area contributed by atoms with Crippen molar-refractivity contribution in [3.05, 3.63) is 54.2 Å². The Hall–Kier alpha value is -2.82. The highest BCUT2D eigenvalue weighted by Gasteiger charge is 2.08. The van der Waals surface area contributed by atoms with Crippen molar-refractivity contribution in [3.8, 4) is 5.75 Å². The lowest BCUT2D eigenvalue weighted by Crippen LogP contribution is -2.11. The monoisotopic (exact) mass is 267 g/mol. The molecule has 0 fully saturated rings. The number of aromatic hydroxyl groups is 1. The quantitative estimate of drug-likeness (QED) is 0.701. The third-order valence-corrected chi connectivity index (χ3v) is 3.14. The average Bonchev–Trinajstić information content (AvgIpc) is 2.82. The van der Waals surface area contributed by atoms with Crippen LogP contribution in [0.4, 0.5) is 5.69 Å². The highest BCUT2D eigenvalue weighted by molar-refractivity contribution is 6.06. The number of aromatic nitrogens is 2. The predicted octanol–water partition coefficient (Wildman–Crippen LogP) is 2.53. The SMILES string of the molecule is Cn1ncc2ccc(C(=O)Nc3ccc(O)cc3)cc21. The van der Waals surface area contributed by atoms with Gasteiger partial charge in [-0.2, -0.15) is 5.10 Å². The highest BCUT2D eigenvalue weighted by atomic mass is 16.3. The van der Waals surface area contributed by atoms with Gasteiger partial charge in [0.15, 0.2) is 0 Å². The number of carbonyl (C=O) groups is 1. The Morgan fingerprint density at radius 2 is 1.95 bits per heavy atom. The molecule has 0 saturated carbocycles. The van der Waals surface area contributed by atoms with Gasteiger partial charge >= 0.3 is 0 Å². The molecule has 0 spiro atoms. The molecule has 0 aliphatic heterocycles. The predicted molar refractivity (Wildman–Crippen MR) is 76.8 cm³/mol. The van der Waals surface area contributed by atoms with Crippen molar-refractivity contribution in [2.75, 3.05) is 5.32 Å². The van der Waals surface area contributed by atoms with Crippen molar-refractivity contribution in [1.82, 2.24) is 9.78 Å². The van der Waals surface area contributed by atoms with Crippen LogP contribution in [0, 0.1) is 0 Å². The molecular weight excluding hydrogens is 254 g/mol. The zero-order valence-corrected chi connectivity index (χ0v) is 10.9. The second kappa shape index (κ2) is 4.70. The number of rotatable bonds is 2. The number of anilines is 1. The summed E-state index contributed by atoms with van der Waals surface area (Å²) in [7, 11) is 1.84. The molecule has 3 aromatic rings. The summed E-state index contributed by atoms with van der Waals surface area (Å²) in [4.78, 5) is 12.2. The molecular formula is C15H13N3O2. The van der Waals surface area contributed by atoms with Crippen LogP contribution >= 0.6 is 0 Å². The Balaban J connectivity index is 1.88. The third-order valence-electron chi connectivity index (χ3n) is 3.14. The van der Waals surface area contributed by atoms with Gasteiger partial charge < -0.3 is 10.4 Å². The zero-order valence-electron chi connectivity index (χ0n) is 10.9. The van der Waals surface area contributed by atoms with Crippen LogP contribution in [0.15, 0.2) is 48.7 Å². The Bertz CT molecular complexity index is 775. The van der Waals surface area contributed by atoms with Crippen LogP contribution in [0.2, 0.25) is 0 Å². The summed E-state index contributed by atoms with van der Waals surface area (Å²) in [6.45, 7) is 0. The number of hydrogen-bond donors (Lipinski definition) is 2. The number of phenols is 1. The van der Waals surface area contributed by atoms with E-state index in [4.69, 9.17) is 0 Å². The van der Waals surface area contributed by atoms with Crippen LogP contribution in [0.1, 0.15) is 10.4 Å². The average molecular weight is 267 g/mol. The molecule has 2 N–H and O–H groups in total. The lowest BCUT2D eigenvalue weighted by atomic mass is 10.1. The van der Waals surface area contributed by atoms with Crippen molar-refractivity contribution in [1.29, 1.82) is 0 Å². The number of carbonyl (C=O) groups excluding carboxylic acids is 1. The molecule has 2 aromatic carbocycles. The van der Waals surface area contributed by atoms with E-state index in [1.54, 1.807) is 35.1 Å². The molecule has 0 bridgehead atoms. The van der Waals surface area contributed by atoms with Crippen LogP contribution in [0.25, 0.3) is 10.9 Å².